The summed E-state index contributed by atoms with van der Waals surface area (Å²) in [6.45, 7) is 1.33. The second-order valence-corrected chi connectivity index (χ2v) is 6.92. The van der Waals surface area contributed by atoms with Crippen LogP contribution < -0.4 is 5.32 Å². The minimum atomic E-state index is -0.517. The van der Waals surface area contributed by atoms with E-state index in [2.05, 4.69) is 5.32 Å². The van der Waals surface area contributed by atoms with Gasteiger partial charge in [-0.05, 0) is 41.8 Å². The highest BCUT2D eigenvalue weighted by molar-refractivity contribution is 7.09. The van der Waals surface area contributed by atoms with E-state index in [-0.39, 0.29) is 17.5 Å². The Kier molecular flexibility index (Phi) is 5.86. The molecule has 0 spiro atoms. The van der Waals surface area contributed by atoms with Crippen molar-refractivity contribution in [1.29, 1.82) is 0 Å². The van der Waals surface area contributed by atoms with Gasteiger partial charge in [0.2, 0.25) is 5.91 Å². The molecule has 1 N–H and O–H groups in total. The number of furan rings is 1. The molecule has 130 valence electrons. The number of nitrogens with one attached hydrogen (secondary N) is 1. The molecule has 7 heteroatoms. The Morgan fingerprint density at radius 1 is 1.24 bits per heavy atom. The maximum atomic E-state index is 13.2. The van der Waals surface area contributed by atoms with Crippen molar-refractivity contribution < 1.29 is 13.6 Å². The smallest absolute Gasteiger partial charge is 0.238 e. The van der Waals surface area contributed by atoms with Gasteiger partial charge < -0.3 is 9.73 Å². The fourth-order valence-electron chi connectivity index (χ4n) is 2.39. The highest BCUT2D eigenvalue weighted by atomic mass is 35.5. The van der Waals surface area contributed by atoms with Crippen molar-refractivity contribution in [2.75, 3.05) is 11.9 Å². The SMILES string of the molecule is O=C(CN(Cc1ccco1)Cc1cccs1)Nc1ccc(F)c(Cl)c1. The van der Waals surface area contributed by atoms with Crippen LogP contribution in [0.5, 0.6) is 0 Å². The molecule has 3 rings (SSSR count). The van der Waals surface area contributed by atoms with Crippen LogP contribution in [-0.2, 0) is 17.9 Å². The van der Waals surface area contributed by atoms with Crippen LogP contribution in [0.2, 0.25) is 5.02 Å². The van der Waals surface area contributed by atoms with E-state index in [4.69, 9.17) is 16.0 Å². The van der Waals surface area contributed by atoms with E-state index in [9.17, 15) is 9.18 Å². The molecular formula is C18H16ClFN2O2S. The zero-order valence-electron chi connectivity index (χ0n) is 13.2. The maximum absolute atomic E-state index is 13.2. The molecule has 0 aliphatic heterocycles. The number of benzene rings is 1. The summed E-state index contributed by atoms with van der Waals surface area (Å²) in [7, 11) is 0. The predicted octanol–water partition coefficient (Wildman–Crippen LogP) is 4.77. The summed E-state index contributed by atoms with van der Waals surface area (Å²) in [5, 5.41) is 4.72. The van der Waals surface area contributed by atoms with Gasteiger partial charge in [-0.15, -0.1) is 11.3 Å². The minimum absolute atomic E-state index is 0.0242. The average Bonchev–Trinajstić information content (AvgIpc) is 3.25. The molecule has 0 atom stereocenters. The first-order chi connectivity index (χ1) is 12.1. The van der Waals surface area contributed by atoms with Gasteiger partial charge in [-0.25, -0.2) is 4.39 Å². The van der Waals surface area contributed by atoms with Crippen molar-refractivity contribution in [3.05, 3.63) is 75.6 Å². The first-order valence-corrected chi connectivity index (χ1v) is 8.88. The van der Waals surface area contributed by atoms with Gasteiger partial charge >= 0.3 is 0 Å². The van der Waals surface area contributed by atoms with Crippen molar-refractivity contribution >= 4 is 34.5 Å². The van der Waals surface area contributed by atoms with Crippen molar-refractivity contribution in [1.82, 2.24) is 4.90 Å². The van der Waals surface area contributed by atoms with Crippen LogP contribution in [-0.4, -0.2) is 17.4 Å². The van der Waals surface area contributed by atoms with E-state index in [0.29, 0.717) is 18.8 Å². The van der Waals surface area contributed by atoms with Gasteiger partial charge in [0.05, 0.1) is 24.4 Å². The van der Waals surface area contributed by atoms with Crippen molar-refractivity contribution in [3.8, 4) is 0 Å². The van der Waals surface area contributed by atoms with E-state index in [1.807, 2.05) is 34.5 Å². The summed E-state index contributed by atoms with van der Waals surface area (Å²) in [5.74, 6) is 0.0665. The molecule has 0 radical (unpaired) electrons. The Hall–Kier alpha value is -2.15. The lowest BCUT2D eigenvalue weighted by Crippen LogP contribution is -2.32. The van der Waals surface area contributed by atoms with Crippen LogP contribution in [0.4, 0.5) is 10.1 Å². The molecule has 0 fully saturated rings. The van der Waals surface area contributed by atoms with Crippen molar-refractivity contribution in [2.45, 2.75) is 13.1 Å². The molecule has 0 bridgehead atoms. The highest BCUT2D eigenvalue weighted by Gasteiger charge is 2.14. The molecule has 0 aliphatic rings. The lowest BCUT2D eigenvalue weighted by atomic mass is 10.3. The van der Waals surface area contributed by atoms with Gasteiger partial charge in [0.15, 0.2) is 0 Å². The number of rotatable bonds is 7. The second-order valence-electron chi connectivity index (χ2n) is 5.48. The number of nitrogens with zero attached hydrogens (tertiary/aromatic N) is 1. The lowest BCUT2D eigenvalue weighted by molar-refractivity contribution is -0.117. The molecule has 0 aliphatic carbocycles. The highest BCUT2D eigenvalue weighted by Crippen LogP contribution is 2.20. The van der Waals surface area contributed by atoms with Crippen LogP contribution in [0, 0.1) is 5.82 Å². The zero-order chi connectivity index (χ0) is 17.6. The third kappa shape index (κ3) is 5.16. The van der Waals surface area contributed by atoms with E-state index in [0.717, 1.165) is 10.6 Å². The minimum Gasteiger partial charge on any atom is -0.468 e. The first-order valence-electron chi connectivity index (χ1n) is 7.62. The quantitative estimate of drug-likeness (QED) is 0.643. The predicted molar refractivity (Wildman–Crippen MR) is 97.2 cm³/mol. The van der Waals surface area contributed by atoms with Crippen LogP contribution in [0.3, 0.4) is 0 Å². The standard InChI is InChI=1S/C18H16ClFN2O2S/c19-16-9-13(5-6-17(16)20)21-18(23)12-22(10-14-3-1-7-24-14)11-15-4-2-8-25-15/h1-9H,10-12H2,(H,21,23). The van der Waals surface area contributed by atoms with Crippen molar-refractivity contribution in [3.63, 3.8) is 0 Å². The summed E-state index contributed by atoms with van der Waals surface area (Å²) < 4.78 is 18.6. The molecule has 0 saturated heterocycles. The number of halogens is 2. The number of carbonyl (C=O) groups is 1. The number of thiophene rings is 1. The molecule has 2 heterocycles. The normalized spacial score (nSPS) is 11.0. The lowest BCUT2D eigenvalue weighted by Gasteiger charge is -2.20. The number of amides is 1. The Bertz CT molecular complexity index is 785. The number of anilines is 1. The van der Waals surface area contributed by atoms with Crippen LogP contribution in [0.25, 0.3) is 0 Å². The fraction of sp³-hybridized carbons (Fsp3) is 0.167. The number of carbonyl (C=O) groups excluding carboxylic acids is 1. The van der Waals surface area contributed by atoms with E-state index in [1.54, 1.807) is 17.6 Å². The number of hydrogen-bond donors (Lipinski definition) is 1. The Morgan fingerprint density at radius 3 is 2.80 bits per heavy atom. The summed E-state index contributed by atoms with van der Waals surface area (Å²) in [4.78, 5) is 15.5. The largest absolute Gasteiger partial charge is 0.468 e. The third-order valence-electron chi connectivity index (χ3n) is 3.49. The molecule has 2 aromatic heterocycles. The van der Waals surface area contributed by atoms with Gasteiger partial charge in [-0.1, -0.05) is 17.7 Å². The van der Waals surface area contributed by atoms with Gasteiger partial charge in [-0.2, -0.15) is 0 Å². The summed E-state index contributed by atoms with van der Waals surface area (Å²) in [6.07, 6.45) is 1.61. The summed E-state index contributed by atoms with van der Waals surface area (Å²) >= 11 is 7.38. The van der Waals surface area contributed by atoms with Gasteiger partial charge in [0.25, 0.3) is 0 Å². The molecule has 25 heavy (non-hydrogen) atoms. The molecule has 3 aromatic rings. The van der Waals surface area contributed by atoms with E-state index < -0.39 is 5.82 Å². The van der Waals surface area contributed by atoms with Gasteiger partial charge in [0.1, 0.15) is 11.6 Å². The monoisotopic (exact) mass is 378 g/mol. The Labute approximate surface area is 153 Å². The van der Waals surface area contributed by atoms with Crippen LogP contribution in [0.1, 0.15) is 10.6 Å². The molecule has 0 unspecified atom stereocenters. The van der Waals surface area contributed by atoms with Crippen LogP contribution >= 0.6 is 22.9 Å². The number of hydrogen-bond acceptors (Lipinski definition) is 4. The average molecular weight is 379 g/mol. The third-order valence-corrected chi connectivity index (χ3v) is 4.64. The molecule has 1 amide bonds. The van der Waals surface area contributed by atoms with E-state index >= 15 is 0 Å². The molecule has 0 saturated carbocycles. The van der Waals surface area contributed by atoms with E-state index in [1.165, 1.54) is 18.2 Å². The molecule has 1 aromatic carbocycles. The molecule has 4 nitrogen and oxygen atoms in total. The topological polar surface area (TPSA) is 45.5 Å². The first kappa shape index (κ1) is 17.7. The fourth-order valence-corrected chi connectivity index (χ4v) is 3.32. The zero-order valence-corrected chi connectivity index (χ0v) is 14.8. The Balaban J connectivity index is 1.65. The van der Waals surface area contributed by atoms with Crippen LogP contribution in [0.15, 0.2) is 58.5 Å². The van der Waals surface area contributed by atoms with Gasteiger partial charge in [-0.3, -0.25) is 9.69 Å². The summed E-state index contributed by atoms with van der Waals surface area (Å²) in [6, 6.07) is 11.8. The van der Waals surface area contributed by atoms with Gasteiger partial charge in [0, 0.05) is 17.1 Å². The molecular weight excluding hydrogens is 363 g/mol. The Morgan fingerprint density at radius 2 is 2.12 bits per heavy atom. The maximum Gasteiger partial charge on any atom is 0.238 e. The second kappa shape index (κ2) is 8.29. The summed E-state index contributed by atoms with van der Waals surface area (Å²) in [5.41, 5.74) is 0.463. The van der Waals surface area contributed by atoms with Crippen molar-refractivity contribution in [2.24, 2.45) is 0 Å².